The second-order valence-electron chi connectivity index (χ2n) is 3.41. The van der Waals surface area contributed by atoms with Crippen LogP contribution in [0.25, 0.3) is 0 Å². The smallest absolute Gasteiger partial charge is 0.251 e. The maximum Gasteiger partial charge on any atom is 0.251 e. The van der Waals surface area contributed by atoms with E-state index in [1.807, 2.05) is 0 Å². The number of hydrogen-bond acceptors (Lipinski definition) is 3. The van der Waals surface area contributed by atoms with Crippen molar-refractivity contribution < 1.29 is 15.0 Å². The normalized spacial score (nSPS) is 12.2. The maximum absolute atomic E-state index is 11.5. The number of amides is 1. The predicted molar refractivity (Wildman–Crippen MR) is 56.4 cm³/mol. The van der Waals surface area contributed by atoms with Gasteiger partial charge in [-0.1, -0.05) is 12.1 Å². The van der Waals surface area contributed by atoms with Gasteiger partial charge in [0.2, 0.25) is 0 Å². The van der Waals surface area contributed by atoms with Crippen LogP contribution in [-0.2, 0) is 6.61 Å². The minimum atomic E-state index is -0.255. The monoisotopic (exact) mass is 209 g/mol. The lowest BCUT2D eigenvalue weighted by molar-refractivity contribution is 0.0922. The molecule has 0 bridgehead atoms. The number of carbonyl (C=O) groups is 1. The van der Waals surface area contributed by atoms with Crippen LogP contribution in [0, 0.1) is 0 Å². The van der Waals surface area contributed by atoms with Crippen LogP contribution in [0.2, 0.25) is 0 Å². The lowest BCUT2D eigenvalue weighted by Crippen LogP contribution is -2.34. The van der Waals surface area contributed by atoms with Crippen molar-refractivity contribution in [1.82, 2.24) is 5.32 Å². The van der Waals surface area contributed by atoms with Gasteiger partial charge in [-0.05, 0) is 24.6 Å². The van der Waals surface area contributed by atoms with Crippen LogP contribution in [0.1, 0.15) is 22.8 Å². The van der Waals surface area contributed by atoms with E-state index in [1.54, 1.807) is 31.2 Å². The fraction of sp³-hybridized carbons (Fsp3) is 0.364. The van der Waals surface area contributed by atoms with Gasteiger partial charge in [0.05, 0.1) is 13.2 Å². The predicted octanol–water partition coefficient (Wildman–Crippen LogP) is 0.290. The third kappa shape index (κ3) is 3.34. The molecule has 0 heterocycles. The molecule has 1 rings (SSSR count). The molecule has 1 amide bonds. The molecule has 0 aliphatic rings. The summed E-state index contributed by atoms with van der Waals surface area (Å²) >= 11 is 0. The Hall–Kier alpha value is -1.39. The Morgan fingerprint density at radius 2 is 1.93 bits per heavy atom. The Morgan fingerprint density at radius 1 is 1.33 bits per heavy atom. The number of rotatable bonds is 4. The van der Waals surface area contributed by atoms with Crippen LogP contribution in [0.4, 0.5) is 0 Å². The molecule has 15 heavy (non-hydrogen) atoms. The highest BCUT2D eigenvalue weighted by Crippen LogP contribution is 2.04. The number of aliphatic hydroxyl groups excluding tert-OH is 2. The van der Waals surface area contributed by atoms with Gasteiger partial charge < -0.3 is 15.5 Å². The first kappa shape index (κ1) is 11.7. The minimum absolute atomic E-state index is 0.0328. The molecule has 1 atom stereocenters. The van der Waals surface area contributed by atoms with E-state index in [4.69, 9.17) is 10.2 Å². The molecule has 0 fully saturated rings. The zero-order valence-corrected chi connectivity index (χ0v) is 8.60. The number of aliphatic hydroxyl groups is 2. The molecule has 0 aliphatic carbocycles. The molecule has 0 spiro atoms. The molecule has 4 heteroatoms. The molecule has 4 nitrogen and oxygen atoms in total. The average molecular weight is 209 g/mol. The molecule has 0 aromatic heterocycles. The summed E-state index contributed by atoms with van der Waals surface area (Å²) in [5.41, 5.74) is 1.29. The Balaban J connectivity index is 2.66. The number of nitrogens with one attached hydrogen (secondary N) is 1. The van der Waals surface area contributed by atoms with Crippen molar-refractivity contribution in [2.45, 2.75) is 19.6 Å². The Kier molecular flexibility index (Phi) is 4.27. The van der Waals surface area contributed by atoms with Crippen molar-refractivity contribution in [2.75, 3.05) is 6.61 Å². The van der Waals surface area contributed by atoms with E-state index < -0.39 is 0 Å². The van der Waals surface area contributed by atoms with E-state index in [0.29, 0.717) is 5.56 Å². The summed E-state index contributed by atoms with van der Waals surface area (Å²) in [5, 5.41) is 20.2. The van der Waals surface area contributed by atoms with Crippen molar-refractivity contribution in [3.63, 3.8) is 0 Å². The van der Waals surface area contributed by atoms with Crippen LogP contribution in [0.15, 0.2) is 24.3 Å². The third-order valence-corrected chi connectivity index (χ3v) is 2.05. The maximum atomic E-state index is 11.5. The van der Waals surface area contributed by atoms with Gasteiger partial charge in [-0.3, -0.25) is 4.79 Å². The van der Waals surface area contributed by atoms with E-state index in [0.717, 1.165) is 5.56 Å². The van der Waals surface area contributed by atoms with Gasteiger partial charge in [-0.15, -0.1) is 0 Å². The molecule has 82 valence electrons. The van der Waals surface area contributed by atoms with E-state index in [1.165, 1.54) is 0 Å². The fourth-order valence-corrected chi connectivity index (χ4v) is 1.11. The first-order valence-electron chi connectivity index (χ1n) is 4.79. The summed E-state index contributed by atoms with van der Waals surface area (Å²) in [6, 6.07) is 6.42. The Morgan fingerprint density at radius 3 is 2.40 bits per heavy atom. The van der Waals surface area contributed by atoms with Gasteiger partial charge in [0, 0.05) is 11.6 Å². The number of carbonyl (C=O) groups excluding carboxylic acids is 1. The summed E-state index contributed by atoms with van der Waals surface area (Å²) in [6.07, 6.45) is 0. The van der Waals surface area contributed by atoms with Crippen LogP contribution in [0.3, 0.4) is 0 Å². The van der Waals surface area contributed by atoms with E-state index in [2.05, 4.69) is 5.32 Å². The van der Waals surface area contributed by atoms with Crippen molar-refractivity contribution >= 4 is 5.91 Å². The van der Waals surface area contributed by atoms with E-state index in [9.17, 15) is 4.79 Å². The van der Waals surface area contributed by atoms with Gasteiger partial charge in [0.15, 0.2) is 0 Å². The molecule has 0 aliphatic heterocycles. The Bertz CT molecular complexity index is 321. The van der Waals surface area contributed by atoms with Crippen molar-refractivity contribution in [2.24, 2.45) is 0 Å². The molecule has 1 aromatic rings. The molecular formula is C11H15NO3. The summed E-state index contributed by atoms with van der Waals surface area (Å²) < 4.78 is 0. The zero-order chi connectivity index (χ0) is 11.3. The molecule has 1 aromatic carbocycles. The second kappa shape index (κ2) is 5.48. The summed E-state index contributed by atoms with van der Waals surface area (Å²) in [5.74, 6) is -0.221. The van der Waals surface area contributed by atoms with Crippen LogP contribution < -0.4 is 5.32 Å². The van der Waals surface area contributed by atoms with Gasteiger partial charge in [0.1, 0.15) is 0 Å². The van der Waals surface area contributed by atoms with Crippen LogP contribution in [0.5, 0.6) is 0 Å². The molecule has 0 saturated carbocycles. The third-order valence-electron chi connectivity index (χ3n) is 2.05. The van der Waals surface area contributed by atoms with E-state index >= 15 is 0 Å². The first-order valence-corrected chi connectivity index (χ1v) is 4.79. The zero-order valence-electron chi connectivity index (χ0n) is 8.60. The average Bonchev–Trinajstić information content (AvgIpc) is 2.29. The lowest BCUT2D eigenvalue weighted by Gasteiger charge is -2.10. The minimum Gasteiger partial charge on any atom is -0.394 e. The number of benzene rings is 1. The Labute approximate surface area is 88.6 Å². The van der Waals surface area contributed by atoms with Crippen molar-refractivity contribution in [1.29, 1.82) is 0 Å². The molecule has 3 N–H and O–H groups in total. The standard InChI is InChI=1S/C11H15NO3/c1-8(6-13)12-11(15)10-4-2-9(7-14)3-5-10/h2-5,8,13-14H,6-7H2,1H3,(H,12,15)/t8-/m0/s1. The largest absolute Gasteiger partial charge is 0.394 e. The molecule has 0 radical (unpaired) electrons. The highest BCUT2D eigenvalue weighted by molar-refractivity contribution is 5.94. The van der Waals surface area contributed by atoms with Gasteiger partial charge in [-0.2, -0.15) is 0 Å². The number of hydrogen-bond donors (Lipinski definition) is 3. The van der Waals surface area contributed by atoms with Crippen LogP contribution in [-0.4, -0.2) is 28.8 Å². The van der Waals surface area contributed by atoms with Gasteiger partial charge >= 0.3 is 0 Å². The molecule has 0 unspecified atom stereocenters. The first-order chi connectivity index (χ1) is 7.17. The fourth-order valence-electron chi connectivity index (χ4n) is 1.11. The summed E-state index contributed by atoms with van der Waals surface area (Å²) in [6.45, 7) is 1.61. The summed E-state index contributed by atoms with van der Waals surface area (Å²) in [4.78, 5) is 11.5. The van der Waals surface area contributed by atoms with E-state index in [-0.39, 0.29) is 25.2 Å². The van der Waals surface area contributed by atoms with Gasteiger partial charge in [0.25, 0.3) is 5.91 Å². The van der Waals surface area contributed by atoms with Crippen LogP contribution >= 0.6 is 0 Å². The SMILES string of the molecule is C[C@@H](CO)NC(=O)c1ccc(CO)cc1. The van der Waals surface area contributed by atoms with Crippen molar-refractivity contribution in [3.05, 3.63) is 35.4 Å². The molecular weight excluding hydrogens is 194 g/mol. The quantitative estimate of drug-likeness (QED) is 0.667. The highest BCUT2D eigenvalue weighted by Gasteiger charge is 2.08. The topological polar surface area (TPSA) is 69.6 Å². The van der Waals surface area contributed by atoms with Crippen molar-refractivity contribution in [3.8, 4) is 0 Å². The second-order valence-corrected chi connectivity index (χ2v) is 3.41. The summed E-state index contributed by atoms with van der Waals surface area (Å²) in [7, 11) is 0. The van der Waals surface area contributed by atoms with Gasteiger partial charge in [-0.25, -0.2) is 0 Å². The molecule has 0 saturated heterocycles. The highest BCUT2D eigenvalue weighted by atomic mass is 16.3. The lowest BCUT2D eigenvalue weighted by atomic mass is 10.1.